The van der Waals surface area contributed by atoms with Crippen LogP contribution in [0.1, 0.15) is 25.3 Å². The van der Waals surface area contributed by atoms with Crippen molar-refractivity contribution < 1.29 is 13.2 Å². The van der Waals surface area contributed by atoms with Crippen LogP contribution in [0.15, 0.2) is 23.1 Å². The Balaban J connectivity index is 2.26. The van der Waals surface area contributed by atoms with Gasteiger partial charge in [0, 0.05) is 31.7 Å². The fraction of sp³-hybridized carbons (Fsp3) is 0.500. The summed E-state index contributed by atoms with van der Waals surface area (Å²) >= 11 is 0. The molecule has 1 aromatic rings. The Kier molecular flexibility index (Phi) is 4.53. The Morgan fingerprint density at radius 2 is 2.14 bits per heavy atom. The van der Waals surface area contributed by atoms with Crippen molar-refractivity contribution in [3.8, 4) is 0 Å². The lowest BCUT2D eigenvalue weighted by Crippen LogP contribution is -2.49. The maximum atomic E-state index is 12.7. The van der Waals surface area contributed by atoms with Crippen molar-refractivity contribution >= 4 is 21.6 Å². The van der Waals surface area contributed by atoms with E-state index in [4.69, 9.17) is 5.73 Å². The maximum Gasteiger partial charge on any atom is 0.243 e. The van der Waals surface area contributed by atoms with Gasteiger partial charge < -0.3 is 11.1 Å². The molecule has 1 atom stereocenters. The SMILES string of the molecule is CC(=O)NC1CCCN(S(=O)(=O)c2cc(N)ccc2C)C1. The van der Waals surface area contributed by atoms with Crippen LogP contribution in [0.4, 0.5) is 5.69 Å². The molecule has 0 aliphatic carbocycles. The molecule has 0 bridgehead atoms. The molecular weight excluding hydrogens is 290 g/mol. The first kappa shape index (κ1) is 15.8. The van der Waals surface area contributed by atoms with Crippen molar-refractivity contribution in [2.75, 3.05) is 18.8 Å². The van der Waals surface area contributed by atoms with Crippen molar-refractivity contribution in [2.45, 2.75) is 37.6 Å². The van der Waals surface area contributed by atoms with E-state index in [0.29, 0.717) is 24.3 Å². The Labute approximate surface area is 125 Å². The molecule has 21 heavy (non-hydrogen) atoms. The van der Waals surface area contributed by atoms with E-state index in [1.165, 1.54) is 17.3 Å². The van der Waals surface area contributed by atoms with Gasteiger partial charge >= 0.3 is 0 Å². The third-order valence-corrected chi connectivity index (χ3v) is 5.63. The summed E-state index contributed by atoms with van der Waals surface area (Å²) in [5.41, 5.74) is 6.80. The average Bonchev–Trinajstić information content (AvgIpc) is 2.41. The van der Waals surface area contributed by atoms with Crippen molar-refractivity contribution in [3.05, 3.63) is 23.8 Å². The fourth-order valence-electron chi connectivity index (χ4n) is 2.60. The number of anilines is 1. The Morgan fingerprint density at radius 3 is 2.81 bits per heavy atom. The van der Waals surface area contributed by atoms with Crippen LogP contribution in [0.3, 0.4) is 0 Å². The van der Waals surface area contributed by atoms with E-state index in [-0.39, 0.29) is 16.8 Å². The topological polar surface area (TPSA) is 92.5 Å². The van der Waals surface area contributed by atoms with E-state index in [9.17, 15) is 13.2 Å². The molecule has 116 valence electrons. The van der Waals surface area contributed by atoms with Crippen LogP contribution in [0, 0.1) is 6.92 Å². The van der Waals surface area contributed by atoms with Gasteiger partial charge in [0.15, 0.2) is 0 Å². The molecule has 1 fully saturated rings. The van der Waals surface area contributed by atoms with E-state index in [0.717, 1.165) is 12.8 Å². The molecule has 1 amide bonds. The maximum absolute atomic E-state index is 12.7. The molecule has 7 heteroatoms. The molecule has 6 nitrogen and oxygen atoms in total. The quantitative estimate of drug-likeness (QED) is 0.810. The molecule has 1 aliphatic rings. The van der Waals surface area contributed by atoms with E-state index >= 15 is 0 Å². The van der Waals surface area contributed by atoms with Gasteiger partial charge in [-0.05, 0) is 37.5 Å². The van der Waals surface area contributed by atoms with E-state index < -0.39 is 10.0 Å². The third-order valence-electron chi connectivity index (χ3n) is 3.62. The number of hydrogen-bond donors (Lipinski definition) is 2. The first-order valence-corrected chi connectivity index (χ1v) is 8.38. The molecule has 1 saturated heterocycles. The monoisotopic (exact) mass is 311 g/mol. The molecule has 1 aromatic carbocycles. The number of amides is 1. The van der Waals surface area contributed by atoms with Crippen LogP contribution in [-0.4, -0.2) is 37.8 Å². The molecule has 1 unspecified atom stereocenters. The molecule has 1 aliphatic heterocycles. The highest BCUT2D eigenvalue weighted by Gasteiger charge is 2.31. The van der Waals surface area contributed by atoms with Crippen LogP contribution in [-0.2, 0) is 14.8 Å². The standard InChI is InChI=1S/C14H21N3O3S/c1-10-5-6-12(15)8-14(10)21(19,20)17-7-3-4-13(9-17)16-11(2)18/h5-6,8,13H,3-4,7,9,15H2,1-2H3,(H,16,18). The minimum Gasteiger partial charge on any atom is -0.399 e. The molecule has 1 heterocycles. The summed E-state index contributed by atoms with van der Waals surface area (Å²) in [6.45, 7) is 3.96. The number of nitrogens with zero attached hydrogens (tertiary/aromatic N) is 1. The number of rotatable bonds is 3. The van der Waals surface area contributed by atoms with Crippen LogP contribution in [0.2, 0.25) is 0 Å². The second-order valence-corrected chi connectivity index (χ2v) is 7.33. The smallest absolute Gasteiger partial charge is 0.243 e. The first-order valence-electron chi connectivity index (χ1n) is 6.94. The number of sulfonamides is 1. The molecule has 0 saturated carbocycles. The van der Waals surface area contributed by atoms with Crippen molar-refractivity contribution in [3.63, 3.8) is 0 Å². The Hall–Kier alpha value is -1.60. The molecule has 2 rings (SSSR count). The zero-order valence-electron chi connectivity index (χ0n) is 12.3. The molecule has 0 spiro atoms. The number of nitrogens with one attached hydrogen (secondary N) is 1. The van der Waals surface area contributed by atoms with Gasteiger partial charge in [0.1, 0.15) is 0 Å². The Morgan fingerprint density at radius 1 is 1.43 bits per heavy atom. The van der Waals surface area contributed by atoms with Gasteiger partial charge in [-0.3, -0.25) is 4.79 Å². The summed E-state index contributed by atoms with van der Waals surface area (Å²) in [4.78, 5) is 11.4. The van der Waals surface area contributed by atoms with Gasteiger partial charge in [-0.2, -0.15) is 4.31 Å². The van der Waals surface area contributed by atoms with Crippen molar-refractivity contribution in [2.24, 2.45) is 0 Å². The summed E-state index contributed by atoms with van der Waals surface area (Å²) in [5.74, 6) is -0.139. The van der Waals surface area contributed by atoms with Crippen LogP contribution >= 0.6 is 0 Å². The number of nitrogens with two attached hydrogens (primary N) is 1. The summed E-state index contributed by atoms with van der Waals surface area (Å²) in [5, 5.41) is 2.79. The summed E-state index contributed by atoms with van der Waals surface area (Å²) < 4.78 is 26.9. The number of benzene rings is 1. The fourth-order valence-corrected chi connectivity index (χ4v) is 4.38. The summed E-state index contributed by atoms with van der Waals surface area (Å²) in [6, 6.07) is 4.75. The lowest BCUT2D eigenvalue weighted by molar-refractivity contribution is -0.119. The van der Waals surface area contributed by atoms with E-state index in [2.05, 4.69) is 5.32 Å². The molecular formula is C14H21N3O3S. The van der Waals surface area contributed by atoms with Gasteiger partial charge in [0.05, 0.1) is 4.90 Å². The highest BCUT2D eigenvalue weighted by atomic mass is 32.2. The number of carbonyl (C=O) groups excluding carboxylic acids is 1. The van der Waals surface area contributed by atoms with Gasteiger partial charge in [-0.15, -0.1) is 0 Å². The normalized spacial score (nSPS) is 20.2. The van der Waals surface area contributed by atoms with E-state index in [1.54, 1.807) is 19.1 Å². The number of aryl methyl sites for hydroxylation is 1. The van der Waals surface area contributed by atoms with Crippen LogP contribution in [0.5, 0.6) is 0 Å². The molecule has 0 aromatic heterocycles. The predicted octanol–water partition coefficient (Wildman–Crippen LogP) is 0.866. The van der Waals surface area contributed by atoms with Gasteiger partial charge in [0.2, 0.25) is 15.9 Å². The number of nitrogen functional groups attached to an aromatic ring is 1. The largest absolute Gasteiger partial charge is 0.399 e. The molecule has 0 radical (unpaired) electrons. The van der Waals surface area contributed by atoms with Gasteiger partial charge in [0.25, 0.3) is 0 Å². The lowest BCUT2D eigenvalue weighted by Gasteiger charge is -2.32. The van der Waals surface area contributed by atoms with E-state index in [1.807, 2.05) is 0 Å². The van der Waals surface area contributed by atoms with Gasteiger partial charge in [-0.25, -0.2) is 8.42 Å². The minimum absolute atomic E-state index is 0.132. The van der Waals surface area contributed by atoms with Crippen molar-refractivity contribution in [1.29, 1.82) is 0 Å². The average molecular weight is 311 g/mol. The highest BCUT2D eigenvalue weighted by Crippen LogP contribution is 2.25. The van der Waals surface area contributed by atoms with Gasteiger partial charge in [-0.1, -0.05) is 6.07 Å². The Bertz CT molecular complexity index is 643. The van der Waals surface area contributed by atoms with Crippen LogP contribution < -0.4 is 11.1 Å². The second kappa shape index (κ2) is 6.03. The third kappa shape index (κ3) is 3.54. The van der Waals surface area contributed by atoms with Crippen LogP contribution in [0.25, 0.3) is 0 Å². The predicted molar refractivity (Wildman–Crippen MR) is 81.2 cm³/mol. The minimum atomic E-state index is -3.58. The first-order chi connectivity index (χ1) is 9.80. The molecule has 3 N–H and O–H groups in total. The lowest BCUT2D eigenvalue weighted by atomic mass is 10.1. The summed E-state index contributed by atoms with van der Waals surface area (Å²) in [7, 11) is -3.58. The highest BCUT2D eigenvalue weighted by molar-refractivity contribution is 7.89. The second-order valence-electron chi connectivity index (χ2n) is 5.43. The zero-order valence-corrected chi connectivity index (χ0v) is 13.1. The number of carbonyl (C=O) groups is 1. The zero-order chi connectivity index (χ0) is 15.6. The number of piperidine rings is 1. The van der Waals surface area contributed by atoms with Crippen molar-refractivity contribution in [1.82, 2.24) is 9.62 Å². The summed E-state index contributed by atoms with van der Waals surface area (Å²) in [6.07, 6.45) is 1.52. The number of hydrogen-bond acceptors (Lipinski definition) is 4.